The molecule has 2 saturated carbocycles. The molecule has 3 amide bonds. The van der Waals surface area contributed by atoms with Crippen molar-refractivity contribution in [3.05, 3.63) is 59.7 Å². The molecule has 2 aromatic rings. The van der Waals surface area contributed by atoms with Crippen molar-refractivity contribution >= 4 is 64.2 Å². The standard InChI is InChI=1S/C29H28Cl2N2O7/c1-2-3-12-39-28(37)15-4-8-17(9-5-15)32-21(34)14-40-29(38)16-6-10-18(11-7-16)33-26(35)22-19-13-20(23(22)27(33)36)25(31)24(19)30/h4-11,19-20,22-25H,2-3,12-14H2,1H3,(H,32,34)/t19-,20-,22-,23-,24-,25+/m1/s1. The highest BCUT2D eigenvalue weighted by Crippen LogP contribution is 2.59. The maximum Gasteiger partial charge on any atom is 0.338 e. The van der Waals surface area contributed by atoms with Gasteiger partial charge in [0.05, 0.1) is 46.0 Å². The Kier molecular flexibility index (Phi) is 8.14. The molecular weight excluding hydrogens is 559 g/mol. The van der Waals surface area contributed by atoms with Gasteiger partial charge in [-0.05, 0) is 73.2 Å². The van der Waals surface area contributed by atoms with Crippen molar-refractivity contribution in [2.24, 2.45) is 23.7 Å². The molecule has 5 rings (SSSR count). The van der Waals surface area contributed by atoms with Crippen LogP contribution in [0.1, 0.15) is 46.9 Å². The number of benzene rings is 2. The average molecular weight is 587 g/mol. The summed E-state index contributed by atoms with van der Waals surface area (Å²) in [6, 6.07) is 12.0. The van der Waals surface area contributed by atoms with Gasteiger partial charge in [0.25, 0.3) is 5.91 Å². The average Bonchev–Trinajstić information content (AvgIpc) is 3.57. The molecule has 40 heavy (non-hydrogen) atoms. The van der Waals surface area contributed by atoms with E-state index in [-0.39, 0.29) is 40.0 Å². The number of rotatable bonds is 9. The zero-order valence-electron chi connectivity index (χ0n) is 21.7. The third-order valence-corrected chi connectivity index (χ3v) is 9.14. The van der Waals surface area contributed by atoms with Gasteiger partial charge in [0.15, 0.2) is 6.61 Å². The number of hydrogen-bond donors (Lipinski definition) is 1. The summed E-state index contributed by atoms with van der Waals surface area (Å²) in [4.78, 5) is 64.2. The summed E-state index contributed by atoms with van der Waals surface area (Å²) in [5.74, 6) is -3.48. The van der Waals surface area contributed by atoms with E-state index in [0.717, 1.165) is 17.7 Å². The van der Waals surface area contributed by atoms with Crippen LogP contribution in [-0.4, -0.2) is 53.6 Å². The van der Waals surface area contributed by atoms with Gasteiger partial charge in [-0.2, -0.15) is 0 Å². The first-order valence-corrected chi connectivity index (χ1v) is 14.1. The molecule has 0 spiro atoms. The predicted molar refractivity (Wildman–Crippen MR) is 147 cm³/mol. The first kappa shape index (κ1) is 28.1. The smallest absolute Gasteiger partial charge is 0.338 e. The van der Waals surface area contributed by atoms with Crippen molar-refractivity contribution in [3.8, 4) is 0 Å². The molecule has 2 bridgehead atoms. The Bertz CT molecular complexity index is 1300. The highest BCUT2D eigenvalue weighted by atomic mass is 35.5. The maximum atomic E-state index is 13.1. The minimum Gasteiger partial charge on any atom is -0.462 e. The van der Waals surface area contributed by atoms with Crippen LogP contribution in [0.25, 0.3) is 0 Å². The second-order valence-corrected chi connectivity index (χ2v) is 11.3. The molecule has 1 heterocycles. The number of hydrogen-bond acceptors (Lipinski definition) is 7. The number of ether oxygens (including phenoxy) is 2. The minimum absolute atomic E-state index is 0.119. The topological polar surface area (TPSA) is 119 Å². The fourth-order valence-electron chi connectivity index (χ4n) is 5.84. The first-order chi connectivity index (χ1) is 19.2. The lowest BCUT2D eigenvalue weighted by Crippen LogP contribution is -2.37. The van der Waals surface area contributed by atoms with E-state index in [1.165, 1.54) is 36.4 Å². The normalized spacial score (nSPS) is 26.5. The van der Waals surface area contributed by atoms with Crippen molar-refractivity contribution < 1.29 is 33.4 Å². The number of unbranched alkanes of at least 4 members (excludes halogenated alkanes) is 1. The largest absolute Gasteiger partial charge is 0.462 e. The third kappa shape index (κ3) is 5.20. The number of nitrogens with one attached hydrogen (secondary N) is 1. The summed E-state index contributed by atoms with van der Waals surface area (Å²) in [6.07, 6.45) is 2.38. The zero-order valence-corrected chi connectivity index (χ0v) is 23.2. The van der Waals surface area contributed by atoms with Gasteiger partial charge in [-0.1, -0.05) is 13.3 Å². The van der Waals surface area contributed by atoms with Gasteiger partial charge in [0.1, 0.15) is 0 Å². The van der Waals surface area contributed by atoms with E-state index in [9.17, 15) is 24.0 Å². The summed E-state index contributed by atoms with van der Waals surface area (Å²) in [6.45, 7) is 1.82. The number of carbonyl (C=O) groups excluding carboxylic acids is 5. The van der Waals surface area contributed by atoms with E-state index in [4.69, 9.17) is 32.7 Å². The van der Waals surface area contributed by atoms with Crippen molar-refractivity contribution in [2.45, 2.75) is 36.9 Å². The van der Waals surface area contributed by atoms with Gasteiger partial charge >= 0.3 is 11.9 Å². The number of fused-ring (bicyclic) bond motifs is 5. The van der Waals surface area contributed by atoms with Crippen LogP contribution in [0.5, 0.6) is 0 Å². The van der Waals surface area contributed by atoms with Crippen LogP contribution < -0.4 is 10.2 Å². The summed E-state index contributed by atoms with van der Waals surface area (Å²) < 4.78 is 10.3. The van der Waals surface area contributed by atoms with Gasteiger partial charge < -0.3 is 14.8 Å². The number of amides is 3. The number of halogens is 2. The van der Waals surface area contributed by atoms with Crippen LogP contribution in [0.3, 0.4) is 0 Å². The Morgan fingerprint density at radius 1 is 0.850 bits per heavy atom. The van der Waals surface area contributed by atoms with E-state index in [1.807, 2.05) is 6.92 Å². The fraction of sp³-hybridized carbons (Fsp3) is 0.414. The quantitative estimate of drug-likeness (QED) is 0.200. The summed E-state index contributed by atoms with van der Waals surface area (Å²) in [7, 11) is 0. The molecule has 0 radical (unpaired) electrons. The van der Waals surface area contributed by atoms with Gasteiger partial charge in [0.2, 0.25) is 11.8 Å². The second kappa shape index (κ2) is 11.6. The molecule has 2 aliphatic carbocycles. The molecule has 1 N–H and O–H groups in total. The van der Waals surface area contributed by atoms with E-state index >= 15 is 0 Å². The molecule has 3 aliphatic rings. The van der Waals surface area contributed by atoms with Crippen LogP contribution in [0.2, 0.25) is 0 Å². The Balaban J connectivity index is 1.13. The van der Waals surface area contributed by atoms with Crippen LogP contribution in [0, 0.1) is 23.7 Å². The number of alkyl halides is 2. The van der Waals surface area contributed by atoms with E-state index < -0.39 is 36.3 Å². The summed E-state index contributed by atoms with van der Waals surface area (Å²) in [5.41, 5.74) is 1.30. The van der Waals surface area contributed by atoms with E-state index in [0.29, 0.717) is 30.0 Å². The van der Waals surface area contributed by atoms with Crippen molar-refractivity contribution in [2.75, 3.05) is 23.4 Å². The fourth-order valence-corrected chi connectivity index (χ4v) is 6.74. The summed E-state index contributed by atoms with van der Waals surface area (Å²) >= 11 is 12.8. The number of esters is 2. The Morgan fingerprint density at radius 3 is 1.93 bits per heavy atom. The third-order valence-electron chi connectivity index (χ3n) is 7.82. The van der Waals surface area contributed by atoms with Crippen LogP contribution in [0.15, 0.2) is 48.5 Å². The number of carbonyl (C=O) groups is 5. The molecule has 6 atom stereocenters. The lowest BCUT2D eigenvalue weighted by atomic mass is 9.80. The van der Waals surface area contributed by atoms with E-state index in [2.05, 4.69) is 5.32 Å². The lowest BCUT2D eigenvalue weighted by molar-refractivity contribution is -0.123. The van der Waals surface area contributed by atoms with Crippen LogP contribution >= 0.6 is 23.2 Å². The van der Waals surface area contributed by atoms with Gasteiger partial charge in [-0.15, -0.1) is 23.2 Å². The highest BCUT2D eigenvalue weighted by Gasteiger charge is 2.66. The molecule has 3 fully saturated rings. The molecule has 11 heteroatoms. The molecule has 0 aromatic heterocycles. The number of imide groups is 1. The molecular formula is C29H28Cl2N2O7. The maximum absolute atomic E-state index is 13.1. The second-order valence-electron chi connectivity index (χ2n) is 10.3. The zero-order chi connectivity index (χ0) is 28.6. The molecule has 0 unspecified atom stereocenters. The highest BCUT2D eigenvalue weighted by molar-refractivity contribution is 6.32. The molecule has 9 nitrogen and oxygen atoms in total. The van der Waals surface area contributed by atoms with Crippen molar-refractivity contribution in [1.29, 1.82) is 0 Å². The molecule has 1 aliphatic heterocycles. The Hall–Kier alpha value is -3.43. The lowest BCUT2D eigenvalue weighted by Gasteiger charge is -2.28. The van der Waals surface area contributed by atoms with Crippen LogP contribution in [0.4, 0.5) is 11.4 Å². The molecule has 210 valence electrons. The van der Waals surface area contributed by atoms with Gasteiger partial charge in [0, 0.05) is 5.69 Å². The number of nitrogens with zero attached hydrogens (tertiary/aromatic N) is 1. The number of anilines is 2. The van der Waals surface area contributed by atoms with Crippen molar-refractivity contribution in [3.63, 3.8) is 0 Å². The predicted octanol–water partition coefficient (Wildman–Crippen LogP) is 4.41. The Morgan fingerprint density at radius 2 is 1.38 bits per heavy atom. The SMILES string of the molecule is CCCCOC(=O)c1ccc(NC(=O)COC(=O)c2ccc(N3C(=O)[C@@H]4[C@H]5C[C@@H]([C@@H](Cl)[C@H]5Cl)[C@H]4C3=O)cc2)cc1. The Labute approximate surface area is 241 Å². The first-order valence-electron chi connectivity index (χ1n) is 13.2. The minimum atomic E-state index is -0.740. The van der Waals surface area contributed by atoms with Crippen LogP contribution in [-0.2, 0) is 23.9 Å². The van der Waals surface area contributed by atoms with E-state index in [1.54, 1.807) is 12.1 Å². The molecule has 1 saturated heterocycles. The van der Waals surface area contributed by atoms with Gasteiger partial charge in [-0.25, -0.2) is 9.59 Å². The monoisotopic (exact) mass is 586 g/mol. The molecule has 2 aromatic carbocycles. The van der Waals surface area contributed by atoms with Crippen molar-refractivity contribution in [1.82, 2.24) is 0 Å². The summed E-state index contributed by atoms with van der Waals surface area (Å²) in [5, 5.41) is 1.92. The van der Waals surface area contributed by atoms with Gasteiger partial charge in [-0.3, -0.25) is 19.3 Å².